The normalized spacial score (nSPS) is 14.1. The van der Waals surface area contributed by atoms with E-state index >= 15 is 0 Å². The zero-order valence-electron chi connectivity index (χ0n) is 18.8. The molecule has 2 N–H and O–H groups in total. The van der Waals surface area contributed by atoms with Gasteiger partial charge in [0.1, 0.15) is 0 Å². The van der Waals surface area contributed by atoms with Crippen LogP contribution < -0.4 is 5.32 Å². The van der Waals surface area contributed by atoms with E-state index in [1.807, 2.05) is 6.20 Å². The fraction of sp³-hybridized carbons (Fsp3) is 0.391. The number of piperazine rings is 1. The first-order chi connectivity index (χ1) is 15.9. The molecule has 0 spiro atoms. The summed E-state index contributed by atoms with van der Waals surface area (Å²) in [5.74, 6) is -2.69. The number of H-pyrrole nitrogens is 1. The zero-order valence-corrected chi connectivity index (χ0v) is 18.8. The Morgan fingerprint density at radius 2 is 1.79 bits per heavy atom. The average molecular weight is 456 g/mol. The first-order valence-corrected chi connectivity index (χ1v) is 10.8. The van der Waals surface area contributed by atoms with Crippen LogP contribution in [0.4, 0.5) is 5.69 Å². The number of nitrogens with one attached hydrogen (secondary N) is 2. The number of amides is 2. The molecule has 1 saturated heterocycles. The predicted molar refractivity (Wildman–Crippen MR) is 122 cm³/mol. The molecule has 10 nitrogen and oxygen atoms in total. The number of fused-ring (bicyclic) bond motifs is 1. The molecule has 1 aliphatic rings. The van der Waals surface area contributed by atoms with Gasteiger partial charge < -0.3 is 24.7 Å². The van der Waals surface area contributed by atoms with Crippen LogP contribution in [-0.2, 0) is 30.4 Å². The lowest BCUT2D eigenvalue weighted by Gasteiger charge is -2.34. The lowest BCUT2D eigenvalue weighted by molar-refractivity contribution is -0.152. The van der Waals surface area contributed by atoms with E-state index in [1.54, 1.807) is 30.9 Å². The summed E-state index contributed by atoms with van der Waals surface area (Å²) < 4.78 is 9.86. The SMILES string of the molecule is C=CC(=O)N1CCN(Cc2c[nH]c3cc(NC(=O)C(=O)OCC)c(C(=O)OCC)cc23)CC1. The van der Waals surface area contributed by atoms with Crippen LogP contribution in [0.15, 0.2) is 31.0 Å². The van der Waals surface area contributed by atoms with E-state index in [-0.39, 0.29) is 30.4 Å². The number of hydrogen-bond acceptors (Lipinski definition) is 7. The highest BCUT2D eigenvalue weighted by Crippen LogP contribution is 2.28. The molecule has 0 saturated carbocycles. The van der Waals surface area contributed by atoms with Gasteiger partial charge in [0, 0.05) is 49.8 Å². The third-order valence-electron chi connectivity index (χ3n) is 5.36. The molecule has 2 amide bonds. The van der Waals surface area contributed by atoms with Gasteiger partial charge in [0.15, 0.2) is 0 Å². The second-order valence-electron chi connectivity index (χ2n) is 7.46. The summed E-state index contributed by atoms with van der Waals surface area (Å²) in [4.78, 5) is 55.4. The van der Waals surface area contributed by atoms with Crippen molar-refractivity contribution in [1.82, 2.24) is 14.8 Å². The average Bonchev–Trinajstić information content (AvgIpc) is 3.20. The molecule has 0 atom stereocenters. The van der Waals surface area contributed by atoms with Gasteiger partial charge in [-0.05, 0) is 37.6 Å². The molecular weight excluding hydrogens is 428 g/mol. The Balaban J connectivity index is 1.84. The van der Waals surface area contributed by atoms with E-state index in [4.69, 9.17) is 9.47 Å². The van der Waals surface area contributed by atoms with Crippen molar-refractivity contribution in [3.63, 3.8) is 0 Å². The van der Waals surface area contributed by atoms with E-state index in [0.717, 1.165) is 10.9 Å². The highest BCUT2D eigenvalue weighted by atomic mass is 16.5. The molecule has 1 aliphatic heterocycles. The van der Waals surface area contributed by atoms with Crippen LogP contribution in [-0.4, -0.2) is 77.9 Å². The fourth-order valence-electron chi connectivity index (χ4n) is 3.71. The van der Waals surface area contributed by atoms with Crippen molar-refractivity contribution in [2.45, 2.75) is 20.4 Å². The lowest BCUT2D eigenvalue weighted by atomic mass is 10.1. The fourth-order valence-corrected chi connectivity index (χ4v) is 3.71. The van der Waals surface area contributed by atoms with E-state index in [0.29, 0.717) is 38.2 Å². The van der Waals surface area contributed by atoms with Gasteiger partial charge in [-0.3, -0.25) is 14.5 Å². The van der Waals surface area contributed by atoms with Crippen molar-refractivity contribution in [3.8, 4) is 0 Å². The predicted octanol–water partition coefficient (Wildman–Crippen LogP) is 1.68. The van der Waals surface area contributed by atoms with Crippen LogP contribution in [0.1, 0.15) is 29.8 Å². The van der Waals surface area contributed by atoms with E-state index in [9.17, 15) is 19.2 Å². The van der Waals surface area contributed by atoms with Crippen molar-refractivity contribution >= 4 is 40.3 Å². The molecule has 3 rings (SSSR count). The van der Waals surface area contributed by atoms with Gasteiger partial charge in [0.25, 0.3) is 0 Å². The Hall–Kier alpha value is -3.66. The van der Waals surface area contributed by atoms with Gasteiger partial charge in [-0.2, -0.15) is 0 Å². The Labute approximate surface area is 191 Å². The molecule has 0 radical (unpaired) electrons. The Morgan fingerprint density at radius 1 is 1.09 bits per heavy atom. The summed E-state index contributed by atoms with van der Waals surface area (Å²) in [5, 5.41) is 3.25. The van der Waals surface area contributed by atoms with Crippen LogP contribution in [0.2, 0.25) is 0 Å². The zero-order chi connectivity index (χ0) is 24.0. The van der Waals surface area contributed by atoms with E-state index < -0.39 is 17.8 Å². The maximum absolute atomic E-state index is 12.6. The topological polar surface area (TPSA) is 121 Å². The summed E-state index contributed by atoms with van der Waals surface area (Å²) in [7, 11) is 0. The van der Waals surface area contributed by atoms with Crippen LogP contribution in [0.25, 0.3) is 10.9 Å². The molecule has 1 aromatic heterocycles. The number of aromatic nitrogens is 1. The first kappa shape index (κ1) is 24.0. The van der Waals surface area contributed by atoms with Crippen molar-refractivity contribution in [2.24, 2.45) is 0 Å². The van der Waals surface area contributed by atoms with Gasteiger partial charge in [-0.15, -0.1) is 0 Å². The largest absolute Gasteiger partial charge is 0.462 e. The van der Waals surface area contributed by atoms with Gasteiger partial charge >= 0.3 is 17.8 Å². The van der Waals surface area contributed by atoms with E-state index in [2.05, 4.69) is 21.8 Å². The minimum atomic E-state index is -1.03. The molecule has 10 heteroatoms. The number of aromatic amines is 1. The standard InChI is InChI=1S/C23H28N4O6/c1-4-20(28)27-9-7-26(8-10-27)14-15-13-24-18-12-19(25-21(29)23(31)33-6-3)17(11-16(15)18)22(30)32-5-2/h4,11-13,24H,1,5-10,14H2,2-3H3,(H,25,29). The van der Waals surface area contributed by atoms with Crippen molar-refractivity contribution in [2.75, 3.05) is 44.7 Å². The first-order valence-electron chi connectivity index (χ1n) is 10.8. The molecule has 176 valence electrons. The minimum Gasteiger partial charge on any atom is -0.462 e. The summed E-state index contributed by atoms with van der Waals surface area (Å²) in [6.45, 7) is 10.3. The van der Waals surface area contributed by atoms with Gasteiger partial charge in [0.05, 0.1) is 24.5 Å². The van der Waals surface area contributed by atoms with Crippen LogP contribution in [0, 0.1) is 0 Å². The summed E-state index contributed by atoms with van der Waals surface area (Å²) in [6, 6.07) is 3.25. The van der Waals surface area contributed by atoms with Gasteiger partial charge in [-0.25, -0.2) is 9.59 Å². The Morgan fingerprint density at radius 3 is 2.42 bits per heavy atom. The van der Waals surface area contributed by atoms with Gasteiger partial charge in [-0.1, -0.05) is 6.58 Å². The lowest BCUT2D eigenvalue weighted by Crippen LogP contribution is -2.47. The third kappa shape index (κ3) is 5.58. The monoisotopic (exact) mass is 456 g/mol. The summed E-state index contributed by atoms with van der Waals surface area (Å²) in [6.07, 6.45) is 3.17. The molecule has 1 aromatic carbocycles. The number of anilines is 1. The molecule has 1 fully saturated rings. The van der Waals surface area contributed by atoms with Crippen LogP contribution >= 0.6 is 0 Å². The quantitative estimate of drug-likeness (QED) is 0.369. The smallest absolute Gasteiger partial charge is 0.397 e. The number of nitrogens with zero attached hydrogens (tertiary/aromatic N) is 2. The Bertz CT molecular complexity index is 1070. The molecule has 33 heavy (non-hydrogen) atoms. The highest BCUT2D eigenvalue weighted by molar-refractivity contribution is 6.37. The molecule has 2 aromatic rings. The molecular formula is C23H28N4O6. The second kappa shape index (κ2) is 10.8. The molecule has 2 heterocycles. The van der Waals surface area contributed by atoms with Crippen LogP contribution in [0.3, 0.4) is 0 Å². The maximum atomic E-state index is 12.6. The second-order valence-corrected chi connectivity index (χ2v) is 7.46. The Kier molecular flexibility index (Phi) is 7.83. The third-order valence-corrected chi connectivity index (χ3v) is 5.36. The number of benzene rings is 1. The van der Waals surface area contributed by atoms with Crippen LogP contribution in [0.5, 0.6) is 0 Å². The van der Waals surface area contributed by atoms with Crippen molar-refractivity contribution < 1.29 is 28.7 Å². The molecule has 0 aliphatic carbocycles. The molecule has 0 bridgehead atoms. The van der Waals surface area contributed by atoms with Crippen molar-refractivity contribution in [1.29, 1.82) is 0 Å². The number of carbonyl (C=O) groups excluding carboxylic acids is 4. The summed E-state index contributed by atoms with van der Waals surface area (Å²) in [5.41, 5.74) is 1.95. The maximum Gasteiger partial charge on any atom is 0.397 e. The number of rotatable bonds is 7. The van der Waals surface area contributed by atoms with Crippen molar-refractivity contribution in [3.05, 3.63) is 42.1 Å². The minimum absolute atomic E-state index is 0.0615. The molecule has 0 unspecified atom stereocenters. The summed E-state index contributed by atoms with van der Waals surface area (Å²) >= 11 is 0. The highest BCUT2D eigenvalue weighted by Gasteiger charge is 2.23. The number of carbonyl (C=O) groups is 4. The van der Waals surface area contributed by atoms with E-state index in [1.165, 1.54) is 6.08 Å². The number of ether oxygens (including phenoxy) is 2. The van der Waals surface area contributed by atoms with Gasteiger partial charge in [0.2, 0.25) is 5.91 Å². The number of hydrogen-bond donors (Lipinski definition) is 2. The number of esters is 2.